The SMILES string of the molecule is Cc1cccc(OCCN(C)CC(O)CN(C)Cc2ccccc2)c1. The van der Waals surface area contributed by atoms with Crippen LogP contribution in [0.15, 0.2) is 54.6 Å². The third-order valence-electron chi connectivity index (χ3n) is 4.07. The molecular weight excluding hydrogens is 312 g/mol. The van der Waals surface area contributed by atoms with Crippen molar-refractivity contribution in [1.29, 1.82) is 0 Å². The van der Waals surface area contributed by atoms with Gasteiger partial charge in [-0.05, 0) is 44.3 Å². The van der Waals surface area contributed by atoms with Crippen LogP contribution in [0, 0.1) is 6.92 Å². The van der Waals surface area contributed by atoms with Gasteiger partial charge in [-0.1, -0.05) is 42.5 Å². The van der Waals surface area contributed by atoms with Crippen LogP contribution in [0.25, 0.3) is 0 Å². The van der Waals surface area contributed by atoms with Gasteiger partial charge < -0.3 is 14.7 Å². The van der Waals surface area contributed by atoms with Gasteiger partial charge in [0.25, 0.3) is 0 Å². The monoisotopic (exact) mass is 342 g/mol. The van der Waals surface area contributed by atoms with E-state index in [1.165, 1.54) is 11.1 Å². The van der Waals surface area contributed by atoms with Crippen molar-refractivity contribution in [1.82, 2.24) is 9.80 Å². The molecule has 2 aromatic rings. The predicted molar refractivity (Wildman–Crippen MR) is 103 cm³/mol. The molecule has 0 spiro atoms. The molecule has 4 nitrogen and oxygen atoms in total. The molecule has 0 saturated carbocycles. The summed E-state index contributed by atoms with van der Waals surface area (Å²) in [5, 5.41) is 10.3. The van der Waals surface area contributed by atoms with Gasteiger partial charge in [-0.2, -0.15) is 0 Å². The number of aryl methyl sites for hydroxylation is 1. The minimum atomic E-state index is -0.377. The molecule has 136 valence electrons. The molecule has 1 unspecified atom stereocenters. The quantitative estimate of drug-likeness (QED) is 0.720. The number of ether oxygens (including phenoxy) is 1. The highest BCUT2D eigenvalue weighted by Gasteiger charge is 2.11. The molecule has 0 heterocycles. The molecule has 0 aliphatic heterocycles. The fourth-order valence-corrected chi connectivity index (χ4v) is 2.85. The maximum atomic E-state index is 10.3. The van der Waals surface area contributed by atoms with Crippen molar-refractivity contribution in [3.63, 3.8) is 0 Å². The summed E-state index contributed by atoms with van der Waals surface area (Å²) in [6, 6.07) is 18.4. The van der Waals surface area contributed by atoms with Gasteiger partial charge in [0.05, 0.1) is 6.10 Å². The lowest BCUT2D eigenvalue weighted by Gasteiger charge is -2.24. The van der Waals surface area contributed by atoms with Gasteiger partial charge in [0.1, 0.15) is 12.4 Å². The summed E-state index contributed by atoms with van der Waals surface area (Å²) >= 11 is 0. The average molecular weight is 342 g/mol. The Labute approximate surface area is 151 Å². The van der Waals surface area contributed by atoms with Gasteiger partial charge in [-0.15, -0.1) is 0 Å². The number of hydrogen-bond donors (Lipinski definition) is 1. The first-order valence-electron chi connectivity index (χ1n) is 8.81. The van der Waals surface area contributed by atoms with Crippen molar-refractivity contribution in [2.75, 3.05) is 40.3 Å². The Morgan fingerprint density at radius 2 is 1.68 bits per heavy atom. The Morgan fingerprint density at radius 3 is 2.40 bits per heavy atom. The topological polar surface area (TPSA) is 35.9 Å². The number of aliphatic hydroxyl groups excluding tert-OH is 1. The molecule has 2 aromatic carbocycles. The van der Waals surface area contributed by atoms with E-state index < -0.39 is 0 Å². The van der Waals surface area contributed by atoms with Crippen LogP contribution in [-0.4, -0.2) is 61.3 Å². The lowest BCUT2D eigenvalue weighted by atomic mass is 10.2. The van der Waals surface area contributed by atoms with E-state index in [9.17, 15) is 5.11 Å². The molecule has 0 aromatic heterocycles. The maximum Gasteiger partial charge on any atom is 0.119 e. The number of likely N-dealkylation sites (N-methyl/N-ethyl adjacent to an activating group) is 2. The van der Waals surface area contributed by atoms with Crippen LogP contribution in [-0.2, 0) is 6.54 Å². The van der Waals surface area contributed by atoms with Crippen molar-refractivity contribution in [2.45, 2.75) is 19.6 Å². The molecule has 0 radical (unpaired) electrons. The van der Waals surface area contributed by atoms with E-state index >= 15 is 0 Å². The molecule has 4 heteroatoms. The smallest absolute Gasteiger partial charge is 0.119 e. The first kappa shape index (κ1) is 19.4. The minimum Gasteiger partial charge on any atom is -0.492 e. The second kappa shape index (κ2) is 10.2. The van der Waals surface area contributed by atoms with Crippen molar-refractivity contribution in [3.8, 4) is 5.75 Å². The predicted octanol–water partition coefficient (Wildman–Crippen LogP) is 2.80. The van der Waals surface area contributed by atoms with Gasteiger partial charge in [-0.25, -0.2) is 0 Å². The molecule has 1 atom stereocenters. The Kier molecular flexibility index (Phi) is 7.92. The zero-order valence-electron chi connectivity index (χ0n) is 15.6. The summed E-state index contributed by atoms with van der Waals surface area (Å²) < 4.78 is 5.77. The summed E-state index contributed by atoms with van der Waals surface area (Å²) in [6.07, 6.45) is -0.377. The summed E-state index contributed by atoms with van der Waals surface area (Å²) in [4.78, 5) is 4.26. The van der Waals surface area contributed by atoms with Crippen molar-refractivity contribution in [2.24, 2.45) is 0 Å². The first-order valence-corrected chi connectivity index (χ1v) is 8.81. The van der Waals surface area contributed by atoms with Gasteiger partial charge in [0.2, 0.25) is 0 Å². The lowest BCUT2D eigenvalue weighted by Crippen LogP contribution is -2.38. The van der Waals surface area contributed by atoms with Crippen LogP contribution in [0.1, 0.15) is 11.1 Å². The Hall–Kier alpha value is -1.88. The molecule has 0 aliphatic carbocycles. The van der Waals surface area contributed by atoms with E-state index in [4.69, 9.17) is 4.74 Å². The second-order valence-corrected chi connectivity index (χ2v) is 6.76. The third-order valence-corrected chi connectivity index (χ3v) is 4.07. The van der Waals surface area contributed by atoms with Crippen LogP contribution in [0.2, 0.25) is 0 Å². The molecule has 0 bridgehead atoms. The van der Waals surface area contributed by atoms with Gasteiger partial charge in [0.15, 0.2) is 0 Å². The maximum absolute atomic E-state index is 10.3. The largest absolute Gasteiger partial charge is 0.492 e. The van der Waals surface area contributed by atoms with E-state index in [0.717, 1.165) is 18.8 Å². The van der Waals surface area contributed by atoms with Crippen LogP contribution in [0.5, 0.6) is 5.75 Å². The molecule has 0 saturated heterocycles. The summed E-state index contributed by atoms with van der Waals surface area (Å²) in [6.45, 7) is 5.59. The molecule has 0 fully saturated rings. The van der Waals surface area contributed by atoms with E-state index in [1.807, 2.05) is 50.5 Å². The zero-order chi connectivity index (χ0) is 18.1. The number of rotatable bonds is 10. The Balaban J connectivity index is 1.64. The van der Waals surface area contributed by atoms with Crippen LogP contribution in [0.3, 0.4) is 0 Å². The summed E-state index contributed by atoms with van der Waals surface area (Å²) in [5.74, 6) is 0.900. The van der Waals surface area contributed by atoms with Crippen LogP contribution in [0.4, 0.5) is 0 Å². The number of hydrogen-bond acceptors (Lipinski definition) is 4. The van der Waals surface area contributed by atoms with Crippen molar-refractivity contribution >= 4 is 0 Å². The standard InChI is InChI=1S/C21H30N2O2/c1-18-8-7-11-21(14-18)25-13-12-22(2)16-20(24)17-23(3)15-19-9-5-4-6-10-19/h4-11,14,20,24H,12-13,15-17H2,1-3H3. The van der Waals surface area contributed by atoms with Crippen molar-refractivity contribution < 1.29 is 9.84 Å². The Bertz CT molecular complexity index is 618. The third kappa shape index (κ3) is 7.69. The van der Waals surface area contributed by atoms with Gasteiger partial charge in [0, 0.05) is 26.2 Å². The van der Waals surface area contributed by atoms with Crippen LogP contribution >= 0.6 is 0 Å². The van der Waals surface area contributed by atoms with Gasteiger partial charge in [-0.3, -0.25) is 4.90 Å². The Morgan fingerprint density at radius 1 is 0.960 bits per heavy atom. The van der Waals surface area contributed by atoms with E-state index in [-0.39, 0.29) is 6.10 Å². The highest BCUT2D eigenvalue weighted by Crippen LogP contribution is 2.12. The number of aliphatic hydroxyl groups is 1. The number of benzene rings is 2. The van der Waals surface area contributed by atoms with E-state index in [2.05, 4.69) is 34.9 Å². The summed E-state index contributed by atoms with van der Waals surface area (Å²) in [7, 11) is 4.05. The molecule has 0 amide bonds. The first-order chi connectivity index (χ1) is 12.0. The molecular formula is C21H30N2O2. The van der Waals surface area contributed by atoms with Crippen molar-refractivity contribution in [3.05, 3.63) is 65.7 Å². The average Bonchev–Trinajstić information content (AvgIpc) is 2.55. The fourth-order valence-electron chi connectivity index (χ4n) is 2.85. The van der Waals surface area contributed by atoms with E-state index in [0.29, 0.717) is 19.7 Å². The minimum absolute atomic E-state index is 0.377. The highest BCUT2D eigenvalue weighted by molar-refractivity contribution is 5.27. The van der Waals surface area contributed by atoms with E-state index in [1.54, 1.807) is 0 Å². The van der Waals surface area contributed by atoms with Crippen LogP contribution < -0.4 is 4.74 Å². The molecule has 25 heavy (non-hydrogen) atoms. The summed E-state index contributed by atoms with van der Waals surface area (Å²) in [5.41, 5.74) is 2.46. The lowest BCUT2D eigenvalue weighted by molar-refractivity contribution is 0.0841. The molecule has 1 N–H and O–H groups in total. The fraction of sp³-hybridized carbons (Fsp3) is 0.429. The van der Waals surface area contributed by atoms with Gasteiger partial charge >= 0.3 is 0 Å². The zero-order valence-corrected chi connectivity index (χ0v) is 15.6. The second-order valence-electron chi connectivity index (χ2n) is 6.76. The normalized spacial score (nSPS) is 12.6. The molecule has 0 aliphatic rings. The molecule has 2 rings (SSSR count). The number of nitrogens with zero attached hydrogens (tertiary/aromatic N) is 2. The highest BCUT2D eigenvalue weighted by atomic mass is 16.5.